The highest BCUT2D eigenvalue weighted by molar-refractivity contribution is 5.98. The minimum atomic E-state index is -0.371. The summed E-state index contributed by atoms with van der Waals surface area (Å²) in [6.45, 7) is 3.81. The summed E-state index contributed by atoms with van der Waals surface area (Å²) in [6, 6.07) is 5.91. The Balaban J connectivity index is 1.74. The number of hydrogen-bond acceptors (Lipinski definition) is 3. The SMILES string of the molecule is CCCC1(C(=O)Nc2ccc3c(c2)CCO3)CCCN1. The molecule has 0 aliphatic carbocycles. The number of amides is 1. The predicted molar refractivity (Wildman–Crippen MR) is 79.1 cm³/mol. The first-order valence-corrected chi connectivity index (χ1v) is 7.56. The van der Waals surface area contributed by atoms with E-state index in [-0.39, 0.29) is 11.4 Å². The lowest BCUT2D eigenvalue weighted by Crippen LogP contribution is -2.50. The number of benzene rings is 1. The molecule has 1 amide bonds. The van der Waals surface area contributed by atoms with E-state index in [9.17, 15) is 4.79 Å². The van der Waals surface area contributed by atoms with Crippen LogP contribution in [0.3, 0.4) is 0 Å². The Hall–Kier alpha value is -1.55. The molecule has 1 unspecified atom stereocenters. The van der Waals surface area contributed by atoms with E-state index in [1.54, 1.807) is 0 Å². The average Bonchev–Trinajstić information content (AvgIpc) is 3.08. The number of ether oxygens (including phenoxy) is 1. The highest BCUT2D eigenvalue weighted by Crippen LogP contribution is 2.30. The molecule has 1 fully saturated rings. The smallest absolute Gasteiger partial charge is 0.244 e. The summed E-state index contributed by atoms with van der Waals surface area (Å²) >= 11 is 0. The van der Waals surface area contributed by atoms with Crippen LogP contribution in [0.15, 0.2) is 18.2 Å². The van der Waals surface area contributed by atoms with E-state index in [1.807, 2.05) is 18.2 Å². The molecule has 2 aliphatic heterocycles. The third-order valence-electron chi connectivity index (χ3n) is 4.30. The Morgan fingerprint density at radius 3 is 3.15 bits per heavy atom. The van der Waals surface area contributed by atoms with Gasteiger partial charge in [0.1, 0.15) is 5.75 Å². The highest BCUT2D eigenvalue weighted by atomic mass is 16.5. The van der Waals surface area contributed by atoms with Crippen molar-refractivity contribution in [3.05, 3.63) is 23.8 Å². The predicted octanol–water partition coefficient (Wildman–Crippen LogP) is 2.48. The zero-order chi connectivity index (χ0) is 14.0. The first-order chi connectivity index (χ1) is 9.73. The quantitative estimate of drug-likeness (QED) is 0.887. The second-order valence-electron chi connectivity index (χ2n) is 5.74. The zero-order valence-electron chi connectivity index (χ0n) is 12.0. The van der Waals surface area contributed by atoms with E-state index in [0.717, 1.165) is 56.7 Å². The van der Waals surface area contributed by atoms with Crippen LogP contribution < -0.4 is 15.4 Å². The molecule has 108 valence electrons. The van der Waals surface area contributed by atoms with Crippen molar-refractivity contribution in [1.29, 1.82) is 0 Å². The van der Waals surface area contributed by atoms with E-state index in [2.05, 4.69) is 17.6 Å². The van der Waals surface area contributed by atoms with E-state index >= 15 is 0 Å². The molecule has 0 bridgehead atoms. The van der Waals surface area contributed by atoms with Crippen molar-refractivity contribution >= 4 is 11.6 Å². The topological polar surface area (TPSA) is 50.4 Å². The van der Waals surface area contributed by atoms with Crippen LogP contribution in [0.2, 0.25) is 0 Å². The van der Waals surface area contributed by atoms with Crippen LogP contribution in [0.1, 0.15) is 38.2 Å². The minimum absolute atomic E-state index is 0.107. The van der Waals surface area contributed by atoms with Gasteiger partial charge in [0.25, 0.3) is 0 Å². The molecule has 4 nitrogen and oxygen atoms in total. The van der Waals surface area contributed by atoms with E-state index in [4.69, 9.17) is 4.74 Å². The van der Waals surface area contributed by atoms with E-state index < -0.39 is 0 Å². The molecular weight excluding hydrogens is 252 g/mol. The molecule has 0 saturated carbocycles. The van der Waals surface area contributed by atoms with Crippen molar-refractivity contribution in [2.24, 2.45) is 0 Å². The summed E-state index contributed by atoms with van der Waals surface area (Å²) in [5.74, 6) is 1.06. The Bertz CT molecular complexity index is 507. The van der Waals surface area contributed by atoms with Gasteiger partial charge < -0.3 is 15.4 Å². The second kappa shape index (κ2) is 5.44. The van der Waals surface area contributed by atoms with Crippen LogP contribution >= 0.6 is 0 Å². The molecule has 4 heteroatoms. The third kappa shape index (κ3) is 2.40. The standard InChI is InChI=1S/C16H22N2O2/c1-2-7-16(8-3-9-17-16)15(19)18-13-4-5-14-12(11-13)6-10-20-14/h4-5,11,17H,2-3,6-10H2,1H3,(H,18,19). The van der Waals surface area contributed by atoms with Gasteiger partial charge in [-0.25, -0.2) is 0 Å². The average molecular weight is 274 g/mol. The number of anilines is 1. The van der Waals surface area contributed by atoms with Gasteiger partial charge >= 0.3 is 0 Å². The number of fused-ring (bicyclic) bond motifs is 1. The largest absolute Gasteiger partial charge is 0.493 e. The summed E-state index contributed by atoms with van der Waals surface area (Å²) in [4.78, 5) is 12.6. The summed E-state index contributed by atoms with van der Waals surface area (Å²) in [6.07, 6.45) is 4.84. The first-order valence-electron chi connectivity index (χ1n) is 7.56. The van der Waals surface area contributed by atoms with Crippen LogP contribution in [-0.4, -0.2) is 24.6 Å². The summed E-state index contributed by atoms with van der Waals surface area (Å²) in [7, 11) is 0. The number of rotatable bonds is 4. The first kappa shape index (κ1) is 13.4. The molecule has 0 spiro atoms. The summed E-state index contributed by atoms with van der Waals surface area (Å²) in [5.41, 5.74) is 1.69. The summed E-state index contributed by atoms with van der Waals surface area (Å²) < 4.78 is 5.49. The van der Waals surface area contributed by atoms with Crippen LogP contribution in [0, 0.1) is 0 Å². The Morgan fingerprint density at radius 1 is 1.50 bits per heavy atom. The van der Waals surface area contributed by atoms with Crippen LogP contribution in [0.5, 0.6) is 5.75 Å². The zero-order valence-corrected chi connectivity index (χ0v) is 12.0. The monoisotopic (exact) mass is 274 g/mol. The van der Waals surface area contributed by atoms with Crippen molar-refractivity contribution in [3.8, 4) is 5.75 Å². The van der Waals surface area contributed by atoms with Gasteiger partial charge in [0.15, 0.2) is 0 Å². The van der Waals surface area contributed by atoms with Crippen molar-refractivity contribution in [3.63, 3.8) is 0 Å². The molecule has 3 rings (SSSR count). The van der Waals surface area contributed by atoms with Gasteiger partial charge in [0.2, 0.25) is 5.91 Å². The molecule has 20 heavy (non-hydrogen) atoms. The van der Waals surface area contributed by atoms with Crippen molar-refractivity contribution in [2.45, 2.75) is 44.6 Å². The second-order valence-corrected chi connectivity index (χ2v) is 5.74. The van der Waals surface area contributed by atoms with Gasteiger partial charge in [-0.3, -0.25) is 4.79 Å². The van der Waals surface area contributed by atoms with E-state index in [1.165, 1.54) is 5.56 Å². The Kier molecular flexibility index (Phi) is 3.66. The maximum absolute atomic E-state index is 12.6. The fraction of sp³-hybridized carbons (Fsp3) is 0.562. The van der Waals surface area contributed by atoms with Gasteiger partial charge in [-0.2, -0.15) is 0 Å². The highest BCUT2D eigenvalue weighted by Gasteiger charge is 2.39. The number of hydrogen-bond donors (Lipinski definition) is 2. The number of nitrogens with one attached hydrogen (secondary N) is 2. The molecule has 0 aromatic heterocycles. The molecule has 1 saturated heterocycles. The Morgan fingerprint density at radius 2 is 2.40 bits per heavy atom. The fourth-order valence-electron chi connectivity index (χ4n) is 3.27. The molecule has 2 aliphatic rings. The molecule has 2 heterocycles. The van der Waals surface area contributed by atoms with Crippen LogP contribution in [-0.2, 0) is 11.2 Å². The maximum Gasteiger partial charge on any atom is 0.244 e. The normalized spacial score (nSPS) is 24.2. The number of carbonyl (C=O) groups is 1. The molecule has 1 aromatic carbocycles. The van der Waals surface area contributed by atoms with Gasteiger partial charge in [0.05, 0.1) is 12.1 Å². The molecule has 0 radical (unpaired) electrons. The number of carbonyl (C=O) groups excluding carboxylic acids is 1. The lowest BCUT2D eigenvalue weighted by Gasteiger charge is -2.27. The third-order valence-corrected chi connectivity index (χ3v) is 4.30. The van der Waals surface area contributed by atoms with Crippen LogP contribution in [0.25, 0.3) is 0 Å². The molecule has 1 aromatic rings. The van der Waals surface area contributed by atoms with Crippen molar-refractivity contribution in [2.75, 3.05) is 18.5 Å². The lowest BCUT2D eigenvalue weighted by atomic mass is 9.90. The van der Waals surface area contributed by atoms with Gasteiger partial charge in [-0.1, -0.05) is 13.3 Å². The van der Waals surface area contributed by atoms with Crippen molar-refractivity contribution < 1.29 is 9.53 Å². The Labute approximate surface area is 119 Å². The maximum atomic E-state index is 12.6. The summed E-state index contributed by atoms with van der Waals surface area (Å²) in [5, 5.41) is 6.49. The van der Waals surface area contributed by atoms with Gasteiger partial charge in [0, 0.05) is 12.1 Å². The molecule has 1 atom stereocenters. The van der Waals surface area contributed by atoms with E-state index in [0.29, 0.717) is 0 Å². The fourth-order valence-corrected chi connectivity index (χ4v) is 3.27. The molecular formula is C16H22N2O2. The van der Waals surface area contributed by atoms with Gasteiger partial charge in [-0.05, 0) is 49.6 Å². The van der Waals surface area contributed by atoms with Crippen molar-refractivity contribution in [1.82, 2.24) is 5.32 Å². The minimum Gasteiger partial charge on any atom is -0.493 e. The van der Waals surface area contributed by atoms with Crippen LogP contribution in [0.4, 0.5) is 5.69 Å². The lowest BCUT2D eigenvalue weighted by molar-refractivity contribution is -0.122. The molecule has 2 N–H and O–H groups in total. The van der Waals surface area contributed by atoms with Gasteiger partial charge in [-0.15, -0.1) is 0 Å².